The first kappa shape index (κ1) is 13.5. The summed E-state index contributed by atoms with van der Waals surface area (Å²) < 4.78 is 1.28. The summed E-state index contributed by atoms with van der Waals surface area (Å²) >= 11 is 0. The summed E-state index contributed by atoms with van der Waals surface area (Å²) in [5.74, 6) is -1.18. The van der Waals surface area contributed by atoms with E-state index in [2.05, 4.69) is 0 Å². The fourth-order valence-corrected chi connectivity index (χ4v) is 1.74. The van der Waals surface area contributed by atoms with Crippen LogP contribution in [0.1, 0.15) is 15.9 Å². The lowest BCUT2D eigenvalue weighted by Crippen LogP contribution is -2.20. The summed E-state index contributed by atoms with van der Waals surface area (Å²) in [6.07, 6.45) is 1.35. The minimum atomic E-state index is -1.18. The number of benzene rings is 1. The van der Waals surface area contributed by atoms with Crippen LogP contribution in [0.2, 0.25) is 0 Å². The number of hydrogen-bond donors (Lipinski definition) is 1. The van der Waals surface area contributed by atoms with Gasteiger partial charge in [0.05, 0.1) is 17.0 Å². The number of non-ortho nitro benzene ring substituents is 1. The summed E-state index contributed by atoms with van der Waals surface area (Å²) in [7, 11) is 0. The summed E-state index contributed by atoms with van der Waals surface area (Å²) in [6.45, 7) is 0.139. The third-order valence-electron chi connectivity index (χ3n) is 2.72. The zero-order valence-corrected chi connectivity index (χ0v) is 10.2. The lowest BCUT2D eigenvalue weighted by Gasteiger charge is -2.06. The molecule has 0 aliphatic heterocycles. The summed E-state index contributed by atoms with van der Waals surface area (Å²) in [5, 5.41) is 19.4. The van der Waals surface area contributed by atoms with Crippen molar-refractivity contribution in [2.75, 3.05) is 0 Å². The lowest BCUT2D eigenvalue weighted by molar-refractivity contribution is -0.384. The Kier molecular flexibility index (Phi) is 3.60. The molecule has 20 heavy (non-hydrogen) atoms. The Bertz CT molecular complexity index is 736. The molecule has 1 aromatic carbocycles. The van der Waals surface area contributed by atoms with E-state index in [1.807, 2.05) is 0 Å². The lowest BCUT2D eigenvalue weighted by atomic mass is 10.2. The first-order chi connectivity index (χ1) is 9.47. The first-order valence-electron chi connectivity index (χ1n) is 5.64. The Morgan fingerprint density at radius 1 is 1.30 bits per heavy atom. The zero-order chi connectivity index (χ0) is 14.7. The Morgan fingerprint density at radius 3 is 2.65 bits per heavy atom. The van der Waals surface area contributed by atoms with Gasteiger partial charge in [-0.15, -0.1) is 0 Å². The van der Waals surface area contributed by atoms with Gasteiger partial charge in [-0.3, -0.25) is 14.9 Å². The van der Waals surface area contributed by atoms with Crippen molar-refractivity contribution >= 4 is 11.7 Å². The number of pyridine rings is 1. The fraction of sp³-hybridized carbons (Fsp3) is 0.0769. The smallest absolute Gasteiger partial charge is 0.335 e. The number of carbonyl (C=O) groups is 1. The number of aromatic nitrogens is 1. The summed E-state index contributed by atoms with van der Waals surface area (Å²) in [6, 6.07) is 8.24. The number of aromatic carboxylic acids is 1. The molecule has 1 aromatic heterocycles. The Labute approximate surface area is 112 Å². The Balaban J connectivity index is 2.31. The van der Waals surface area contributed by atoms with Gasteiger partial charge in [-0.05, 0) is 11.6 Å². The molecular formula is C13H10N2O5. The van der Waals surface area contributed by atoms with E-state index >= 15 is 0 Å². The first-order valence-corrected chi connectivity index (χ1v) is 5.64. The van der Waals surface area contributed by atoms with Gasteiger partial charge in [0, 0.05) is 24.4 Å². The van der Waals surface area contributed by atoms with E-state index in [0.29, 0.717) is 5.56 Å². The van der Waals surface area contributed by atoms with Gasteiger partial charge in [0.25, 0.3) is 11.2 Å². The van der Waals surface area contributed by atoms with Gasteiger partial charge >= 0.3 is 5.97 Å². The zero-order valence-electron chi connectivity index (χ0n) is 10.2. The van der Waals surface area contributed by atoms with E-state index in [-0.39, 0.29) is 17.8 Å². The fourth-order valence-electron chi connectivity index (χ4n) is 1.74. The average molecular weight is 274 g/mol. The number of rotatable bonds is 4. The van der Waals surface area contributed by atoms with Crippen molar-refractivity contribution < 1.29 is 14.8 Å². The average Bonchev–Trinajstić information content (AvgIpc) is 2.41. The molecule has 0 saturated heterocycles. The third-order valence-corrected chi connectivity index (χ3v) is 2.72. The van der Waals surface area contributed by atoms with E-state index in [1.165, 1.54) is 35.0 Å². The van der Waals surface area contributed by atoms with Crippen molar-refractivity contribution in [2.45, 2.75) is 6.54 Å². The van der Waals surface area contributed by atoms with Crippen molar-refractivity contribution in [1.82, 2.24) is 4.57 Å². The number of carboxylic acid groups (broad SMARTS) is 1. The van der Waals surface area contributed by atoms with Gasteiger partial charge < -0.3 is 9.67 Å². The summed E-state index contributed by atoms with van der Waals surface area (Å²) in [5.41, 5.74) is -0.0382. The van der Waals surface area contributed by atoms with Crippen LogP contribution in [0.15, 0.2) is 47.4 Å². The highest BCUT2D eigenvalue weighted by Gasteiger charge is 2.08. The minimum absolute atomic E-state index is 0.0577. The van der Waals surface area contributed by atoms with Crippen molar-refractivity contribution in [3.63, 3.8) is 0 Å². The standard InChI is InChI=1S/C13H10N2O5/c16-12-7-10(13(17)18)4-5-14(12)8-9-2-1-3-11(6-9)15(19)20/h1-7H,8H2,(H,17,18). The highest BCUT2D eigenvalue weighted by molar-refractivity contribution is 5.87. The van der Waals surface area contributed by atoms with Crippen molar-refractivity contribution in [3.8, 4) is 0 Å². The van der Waals surface area contributed by atoms with Crippen molar-refractivity contribution in [3.05, 3.63) is 74.2 Å². The number of nitrogens with zero attached hydrogens (tertiary/aromatic N) is 2. The molecule has 0 unspecified atom stereocenters. The molecule has 0 spiro atoms. The molecule has 0 saturated carbocycles. The molecule has 0 fully saturated rings. The van der Waals surface area contributed by atoms with E-state index in [9.17, 15) is 19.7 Å². The minimum Gasteiger partial charge on any atom is -0.478 e. The topological polar surface area (TPSA) is 102 Å². The molecule has 7 heteroatoms. The number of nitro benzene ring substituents is 1. The van der Waals surface area contributed by atoms with Crippen molar-refractivity contribution in [1.29, 1.82) is 0 Å². The molecular weight excluding hydrogens is 264 g/mol. The van der Waals surface area contributed by atoms with Crippen LogP contribution in [0.25, 0.3) is 0 Å². The van der Waals surface area contributed by atoms with Crippen LogP contribution >= 0.6 is 0 Å². The highest BCUT2D eigenvalue weighted by Crippen LogP contribution is 2.13. The van der Waals surface area contributed by atoms with Crippen LogP contribution in [-0.2, 0) is 6.54 Å². The van der Waals surface area contributed by atoms with Crippen LogP contribution in [0.5, 0.6) is 0 Å². The predicted molar refractivity (Wildman–Crippen MR) is 69.9 cm³/mol. The van der Waals surface area contributed by atoms with Crippen molar-refractivity contribution in [2.24, 2.45) is 0 Å². The maximum absolute atomic E-state index is 11.7. The quantitative estimate of drug-likeness (QED) is 0.672. The third kappa shape index (κ3) is 2.89. The molecule has 2 rings (SSSR count). The second-order valence-electron chi connectivity index (χ2n) is 4.11. The predicted octanol–water partition coefficient (Wildman–Crippen LogP) is 1.50. The number of carboxylic acids is 1. The second kappa shape index (κ2) is 5.35. The molecule has 102 valence electrons. The molecule has 0 bridgehead atoms. The SMILES string of the molecule is O=C(O)c1ccn(Cc2cccc([N+](=O)[O-])c2)c(=O)c1. The van der Waals surface area contributed by atoms with Gasteiger partial charge in [-0.25, -0.2) is 4.79 Å². The number of nitro groups is 1. The van der Waals surface area contributed by atoms with Gasteiger partial charge in [0.1, 0.15) is 0 Å². The van der Waals surface area contributed by atoms with E-state index in [4.69, 9.17) is 5.11 Å². The second-order valence-corrected chi connectivity index (χ2v) is 4.11. The molecule has 0 amide bonds. The maximum atomic E-state index is 11.7. The molecule has 2 aromatic rings. The van der Waals surface area contributed by atoms with Crippen LogP contribution in [0.4, 0.5) is 5.69 Å². The highest BCUT2D eigenvalue weighted by atomic mass is 16.6. The molecule has 0 radical (unpaired) electrons. The normalized spacial score (nSPS) is 10.2. The Hall–Kier alpha value is -2.96. The van der Waals surface area contributed by atoms with E-state index < -0.39 is 16.5 Å². The molecule has 1 heterocycles. The summed E-state index contributed by atoms with van der Waals surface area (Å²) in [4.78, 5) is 32.6. The van der Waals surface area contributed by atoms with Crippen LogP contribution < -0.4 is 5.56 Å². The van der Waals surface area contributed by atoms with Crippen LogP contribution in [-0.4, -0.2) is 20.6 Å². The number of hydrogen-bond acceptors (Lipinski definition) is 4. The largest absolute Gasteiger partial charge is 0.478 e. The van der Waals surface area contributed by atoms with E-state index in [0.717, 1.165) is 6.07 Å². The molecule has 0 aliphatic rings. The molecule has 0 aliphatic carbocycles. The monoisotopic (exact) mass is 274 g/mol. The van der Waals surface area contributed by atoms with Gasteiger partial charge in [0.15, 0.2) is 0 Å². The van der Waals surface area contributed by atoms with E-state index in [1.54, 1.807) is 6.07 Å². The van der Waals surface area contributed by atoms with Crippen LogP contribution in [0, 0.1) is 10.1 Å². The maximum Gasteiger partial charge on any atom is 0.335 e. The van der Waals surface area contributed by atoms with Gasteiger partial charge in [-0.1, -0.05) is 12.1 Å². The molecule has 7 nitrogen and oxygen atoms in total. The Morgan fingerprint density at radius 2 is 2.05 bits per heavy atom. The molecule has 0 atom stereocenters. The molecule has 1 N–H and O–H groups in total. The van der Waals surface area contributed by atoms with Gasteiger partial charge in [0.2, 0.25) is 0 Å². The van der Waals surface area contributed by atoms with Gasteiger partial charge in [-0.2, -0.15) is 0 Å². The van der Waals surface area contributed by atoms with Crippen LogP contribution in [0.3, 0.4) is 0 Å².